The van der Waals surface area contributed by atoms with Crippen molar-refractivity contribution < 1.29 is 9.53 Å². The van der Waals surface area contributed by atoms with Crippen LogP contribution in [-0.2, 0) is 11.2 Å². The lowest BCUT2D eigenvalue weighted by molar-refractivity contribution is -0.124. The highest BCUT2D eigenvalue weighted by atomic mass is 16.5. The summed E-state index contributed by atoms with van der Waals surface area (Å²) in [4.78, 5) is 12.1. The van der Waals surface area contributed by atoms with Crippen LogP contribution in [0.2, 0.25) is 0 Å². The van der Waals surface area contributed by atoms with E-state index in [4.69, 9.17) is 10.5 Å². The first-order valence-corrected chi connectivity index (χ1v) is 6.80. The number of unbranched alkanes of at least 4 members (excludes halogenated alkanes) is 1. The van der Waals surface area contributed by atoms with Crippen molar-refractivity contribution in [2.24, 2.45) is 5.41 Å². The first kappa shape index (κ1) is 13.7. The maximum Gasteiger partial charge on any atom is 0.233 e. The first-order chi connectivity index (χ1) is 8.94. The van der Waals surface area contributed by atoms with Gasteiger partial charge in [0.25, 0.3) is 0 Å². The fraction of sp³-hybridized carbons (Fsp3) is 0.533. The van der Waals surface area contributed by atoms with Crippen molar-refractivity contribution in [2.45, 2.75) is 40.0 Å². The minimum atomic E-state index is -0.547. The van der Waals surface area contributed by atoms with Crippen LogP contribution in [0, 0.1) is 5.41 Å². The van der Waals surface area contributed by atoms with Crippen molar-refractivity contribution in [3.63, 3.8) is 0 Å². The number of aryl methyl sites for hydroxylation is 1. The maximum absolute atomic E-state index is 12.1. The predicted molar refractivity (Wildman–Crippen MR) is 77.4 cm³/mol. The number of anilines is 2. The van der Waals surface area contributed by atoms with E-state index < -0.39 is 5.41 Å². The number of amides is 1. The summed E-state index contributed by atoms with van der Waals surface area (Å²) in [6.45, 7) is 6.22. The molecule has 2 rings (SSSR count). The lowest BCUT2D eigenvalue weighted by atomic mass is 9.94. The van der Waals surface area contributed by atoms with Gasteiger partial charge in [-0.3, -0.25) is 4.79 Å². The third-order valence-corrected chi connectivity index (χ3v) is 3.44. The molecule has 1 aromatic carbocycles. The molecule has 0 spiro atoms. The molecule has 1 aliphatic heterocycles. The van der Waals surface area contributed by atoms with Gasteiger partial charge in [0, 0.05) is 0 Å². The van der Waals surface area contributed by atoms with Gasteiger partial charge in [0.15, 0.2) is 5.75 Å². The van der Waals surface area contributed by atoms with E-state index >= 15 is 0 Å². The van der Waals surface area contributed by atoms with Gasteiger partial charge in [0.05, 0.1) is 16.8 Å². The minimum absolute atomic E-state index is 0.0294. The largest absolute Gasteiger partial charge is 0.488 e. The van der Waals surface area contributed by atoms with Crippen molar-refractivity contribution in [3.8, 4) is 5.75 Å². The summed E-state index contributed by atoms with van der Waals surface area (Å²) < 4.78 is 5.72. The SMILES string of the molecule is CCCCc1cc(N)c2c(c1)NC(=O)C(C)(C)CO2. The first-order valence-electron chi connectivity index (χ1n) is 6.80. The summed E-state index contributed by atoms with van der Waals surface area (Å²) in [7, 11) is 0. The highest BCUT2D eigenvalue weighted by Gasteiger charge is 2.33. The van der Waals surface area contributed by atoms with Gasteiger partial charge >= 0.3 is 0 Å². The van der Waals surface area contributed by atoms with E-state index in [0.29, 0.717) is 23.7 Å². The van der Waals surface area contributed by atoms with Gasteiger partial charge in [0.1, 0.15) is 6.61 Å². The number of hydrogen-bond donors (Lipinski definition) is 2. The average molecular weight is 262 g/mol. The summed E-state index contributed by atoms with van der Waals surface area (Å²) in [6.07, 6.45) is 3.21. The Morgan fingerprint density at radius 1 is 1.42 bits per heavy atom. The number of ether oxygens (including phenoxy) is 1. The van der Waals surface area contributed by atoms with Crippen LogP contribution in [0.3, 0.4) is 0 Å². The molecule has 4 heteroatoms. The molecule has 0 fully saturated rings. The number of nitrogens with two attached hydrogens (primary N) is 1. The van der Waals surface area contributed by atoms with E-state index in [1.165, 1.54) is 0 Å². The molecule has 1 aliphatic rings. The highest BCUT2D eigenvalue weighted by Crippen LogP contribution is 2.38. The molecule has 0 aliphatic carbocycles. The molecule has 0 unspecified atom stereocenters. The van der Waals surface area contributed by atoms with Crippen LogP contribution in [-0.4, -0.2) is 12.5 Å². The highest BCUT2D eigenvalue weighted by molar-refractivity contribution is 5.98. The fourth-order valence-electron chi connectivity index (χ4n) is 2.10. The molecule has 104 valence electrons. The quantitative estimate of drug-likeness (QED) is 0.823. The number of carbonyl (C=O) groups is 1. The topological polar surface area (TPSA) is 64.3 Å². The van der Waals surface area contributed by atoms with Crippen molar-refractivity contribution in [3.05, 3.63) is 17.7 Å². The molecule has 1 amide bonds. The van der Waals surface area contributed by atoms with Gasteiger partial charge in [-0.25, -0.2) is 0 Å². The minimum Gasteiger partial charge on any atom is -0.488 e. The summed E-state index contributed by atoms with van der Waals surface area (Å²) in [5.74, 6) is 0.567. The van der Waals surface area contributed by atoms with Crippen LogP contribution < -0.4 is 15.8 Å². The Bertz CT molecular complexity index is 495. The predicted octanol–water partition coefficient (Wildman–Crippen LogP) is 2.97. The van der Waals surface area contributed by atoms with E-state index in [1.807, 2.05) is 26.0 Å². The van der Waals surface area contributed by atoms with E-state index in [0.717, 1.165) is 24.8 Å². The molecule has 0 radical (unpaired) electrons. The van der Waals surface area contributed by atoms with Crippen molar-refractivity contribution >= 4 is 17.3 Å². The lowest BCUT2D eigenvalue weighted by Crippen LogP contribution is -2.33. The van der Waals surface area contributed by atoms with Gasteiger partial charge in [-0.2, -0.15) is 0 Å². The molecule has 19 heavy (non-hydrogen) atoms. The van der Waals surface area contributed by atoms with E-state index in [2.05, 4.69) is 12.2 Å². The zero-order valence-electron chi connectivity index (χ0n) is 11.9. The second kappa shape index (κ2) is 5.11. The standard InChI is InChI=1S/C15H22N2O2/c1-4-5-6-10-7-11(16)13-12(8-10)17-14(18)15(2,3)9-19-13/h7-8H,4-6,9,16H2,1-3H3,(H,17,18). The molecule has 1 aromatic rings. The molecule has 0 saturated carbocycles. The number of nitrogen functional groups attached to an aromatic ring is 1. The van der Waals surface area contributed by atoms with Crippen molar-refractivity contribution in [2.75, 3.05) is 17.7 Å². The smallest absolute Gasteiger partial charge is 0.233 e. The molecule has 0 aromatic heterocycles. The van der Waals surface area contributed by atoms with Gasteiger partial charge in [-0.05, 0) is 44.4 Å². The Morgan fingerprint density at radius 2 is 2.16 bits per heavy atom. The number of carbonyl (C=O) groups excluding carboxylic acids is 1. The molecule has 1 heterocycles. The number of hydrogen-bond acceptors (Lipinski definition) is 3. The van der Waals surface area contributed by atoms with Crippen LogP contribution in [0.25, 0.3) is 0 Å². The third kappa shape index (κ3) is 2.83. The monoisotopic (exact) mass is 262 g/mol. The molecule has 0 saturated heterocycles. The van der Waals surface area contributed by atoms with Gasteiger partial charge in [-0.15, -0.1) is 0 Å². The third-order valence-electron chi connectivity index (χ3n) is 3.44. The number of nitrogens with one attached hydrogen (secondary N) is 1. The molecule has 4 nitrogen and oxygen atoms in total. The molecule has 0 bridgehead atoms. The van der Waals surface area contributed by atoms with E-state index in [-0.39, 0.29) is 5.91 Å². The normalized spacial score (nSPS) is 17.1. The van der Waals surface area contributed by atoms with Crippen LogP contribution in [0.1, 0.15) is 39.2 Å². The summed E-state index contributed by atoms with van der Waals surface area (Å²) in [5, 5.41) is 2.93. The summed E-state index contributed by atoms with van der Waals surface area (Å²) in [6, 6.07) is 3.92. The Kier molecular flexibility index (Phi) is 3.69. The van der Waals surface area contributed by atoms with Gasteiger partial charge < -0.3 is 15.8 Å². The molecule has 3 N–H and O–H groups in total. The van der Waals surface area contributed by atoms with Crippen molar-refractivity contribution in [1.29, 1.82) is 0 Å². The Morgan fingerprint density at radius 3 is 2.84 bits per heavy atom. The van der Waals surface area contributed by atoms with Crippen LogP contribution in [0.4, 0.5) is 11.4 Å². The second-order valence-electron chi connectivity index (χ2n) is 5.79. The Balaban J connectivity index is 2.34. The van der Waals surface area contributed by atoms with E-state index in [1.54, 1.807) is 0 Å². The van der Waals surface area contributed by atoms with Gasteiger partial charge in [0.2, 0.25) is 5.91 Å². The summed E-state index contributed by atoms with van der Waals surface area (Å²) >= 11 is 0. The Labute approximate surface area is 114 Å². The molecular weight excluding hydrogens is 240 g/mol. The van der Waals surface area contributed by atoms with Crippen LogP contribution in [0.15, 0.2) is 12.1 Å². The average Bonchev–Trinajstić information content (AvgIpc) is 2.45. The molecule has 0 atom stereocenters. The Hall–Kier alpha value is -1.71. The second-order valence-corrected chi connectivity index (χ2v) is 5.79. The maximum atomic E-state index is 12.1. The fourth-order valence-corrected chi connectivity index (χ4v) is 2.10. The van der Waals surface area contributed by atoms with Crippen molar-refractivity contribution in [1.82, 2.24) is 0 Å². The van der Waals surface area contributed by atoms with E-state index in [9.17, 15) is 4.79 Å². The summed E-state index contributed by atoms with van der Waals surface area (Å²) in [5.41, 5.74) is 7.93. The lowest BCUT2D eigenvalue weighted by Gasteiger charge is -2.18. The molecular formula is C15H22N2O2. The van der Waals surface area contributed by atoms with Gasteiger partial charge in [-0.1, -0.05) is 13.3 Å². The number of rotatable bonds is 3. The zero-order chi connectivity index (χ0) is 14.0. The van der Waals surface area contributed by atoms with Crippen LogP contribution >= 0.6 is 0 Å². The number of fused-ring (bicyclic) bond motifs is 1. The van der Waals surface area contributed by atoms with Crippen LogP contribution in [0.5, 0.6) is 5.75 Å². The number of benzene rings is 1. The zero-order valence-corrected chi connectivity index (χ0v) is 11.9.